The summed E-state index contributed by atoms with van der Waals surface area (Å²) >= 11 is 0. The van der Waals surface area contributed by atoms with Crippen molar-refractivity contribution in [3.05, 3.63) is 29.6 Å². The van der Waals surface area contributed by atoms with Crippen LogP contribution in [0.5, 0.6) is 0 Å². The van der Waals surface area contributed by atoms with Gasteiger partial charge in [-0.25, -0.2) is 0 Å². The molecule has 0 radical (unpaired) electrons. The van der Waals surface area contributed by atoms with Crippen LogP contribution in [0.25, 0.3) is 0 Å². The summed E-state index contributed by atoms with van der Waals surface area (Å²) in [6, 6.07) is 3.98. The van der Waals surface area contributed by atoms with E-state index in [2.05, 4.69) is 11.9 Å². The van der Waals surface area contributed by atoms with Crippen LogP contribution in [0.15, 0.2) is 18.3 Å². The fourth-order valence-corrected chi connectivity index (χ4v) is 2.06. The van der Waals surface area contributed by atoms with Crippen molar-refractivity contribution in [2.24, 2.45) is 0 Å². The highest BCUT2D eigenvalue weighted by Crippen LogP contribution is 2.15. The largest absolute Gasteiger partial charge is 0.370 e. The molecule has 2 heterocycles. The minimum absolute atomic E-state index is 0.168. The maximum atomic E-state index is 12.0. The molecule has 0 aromatic carbocycles. The molecular formula is C14H19NO2. The van der Waals surface area contributed by atoms with E-state index in [1.54, 1.807) is 0 Å². The number of hydrogen-bond donors (Lipinski definition) is 0. The lowest BCUT2D eigenvalue weighted by Gasteiger charge is -2.21. The molecule has 0 aliphatic carbocycles. The summed E-state index contributed by atoms with van der Waals surface area (Å²) < 4.78 is 5.48. The van der Waals surface area contributed by atoms with Crippen molar-refractivity contribution in [3.63, 3.8) is 0 Å². The van der Waals surface area contributed by atoms with E-state index in [1.165, 1.54) is 5.56 Å². The van der Waals surface area contributed by atoms with Crippen LogP contribution in [0, 0.1) is 0 Å². The van der Waals surface area contributed by atoms with Crippen LogP contribution in [0.2, 0.25) is 0 Å². The SMILES string of the molecule is CCc1ccc(CC(=O)C2CCCCO2)nc1. The van der Waals surface area contributed by atoms with Crippen molar-refractivity contribution in [2.45, 2.75) is 45.1 Å². The van der Waals surface area contributed by atoms with Gasteiger partial charge >= 0.3 is 0 Å². The van der Waals surface area contributed by atoms with Gasteiger partial charge in [-0.1, -0.05) is 13.0 Å². The topological polar surface area (TPSA) is 39.2 Å². The molecule has 0 bridgehead atoms. The molecule has 1 aliphatic heterocycles. The zero-order chi connectivity index (χ0) is 12.1. The molecule has 92 valence electrons. The summed E-state index contributed by atoms with van der Waals surface area (Å²) in [5, 5.41) is 0. The van der Waals surface area contributed by atoms with Crippen LogP contribution in [0.4, 0.5) is 0 Å². The minimum Gasteiger partial charge on any atom is -0.370 e. The van der Waals surface area contributed by atoms with E-state index in [0.29, 0.717) is 6.42 Å². The Morgan fingerprint density at radius 3 is 2.94 bits per heavy atom. The van der Waals surface area contributed by atoms with Gasteiger partial charge in [-0.05, 0) is 37.3 Å². The second-order valence-corrected chi connectivity index (χ2v) is 4.51. The highest BCUT2D eigenvalue weighted by Gasteiger charge is 2.22. The standard InChI is InChI=1S/C14H19NO2/c1-2-11-6-7-12(15-10-11)9-13(16)14-5-3-4-8-17-14/h6-7,10,14H,2-5,8-9H2,1H3. The van der Waals surface area contributed by atoms with Gasteiger partial charge in [0.2, 0.25) is 0 Å². The molecule has 0 spiro atoms. The van der Waals surface area contributed by atoms with Gasteiger partial charge in [0.25, 0.3) is 0 Å². The highest BCUT2D eigenvalue weighted by molar-refractivity contribution is 5.84. The van der Waals surface area contributed by atoms with Crippen molar-refractivity contribution >= 4 is 5.78 Å². The van der Waals surface area contributed by atoms with Crippen molar-refractivity contribution in [3.8, 4) is 0 Å². The molecular weight excluding hydrogens is 214 g/mol. The molecule has 3 nitrogen and oxygen atoms in total. The first-order chi connectivity index (χ1) is 8.29. The number of hydrogen-bond acceptors (Lipinski definition) is 3. The zero-order valence-corrected chi connectivity index (χ0v) is 10.3. The van der Waals surface area contributed by atoms with Crippen LogP contribution in [-0.4, -0.2) is 23.5 Å². The van der Waals surface area contributed by atoms with E-state index >= 15 is 0 Å². The number of aryl methyl sites for hydroxylation is 1. The minimum atomic E-state index is -0.198. The van der Waals surface area contributed by atoms with Gasteiger partial charge in [0, 0.05) is 18.5 Å². The van der Waals surface area contributed by atoms with E-state index in [9.17, 15) is 4.79 Å². The van der Waals surface area contributed by atoms with Gasteiger partial charge in [-0.15, -0.1) is 0 Å². The van der Waals surface area contributed by atoms with Crippen molar-refractivity contribution in [1.29, 1.82) is 0 Å². The third kappa shape index (κ3) is 3.37. The lowest BCUT2D eigenvalue weighted by molar-refractivity contribution is -0.132. The Morgan fingerprint density at radius 1 is 1.47 bits per heavy atom. The van der Waals surface area contributed by atoms with E-state index in [4.69, 9.17) is 4.74 Å². The number of aromatic nitrogens is 1. The monoisotopic (exact) mass is 233 g/mol. The summed E-state index contributed by atoms with van der Waals surface area (Å²) in [5.74, 6) is 0.168. The molecule has 0 amide bonds. The molecule has 0 saturated carbocycles. The molecule has 1 fully saturated rings. The second-order valence-electron chi connectivity index (χ2n) is 4.51. The van der Waals surface area contributed by atoms with E-state index < -0.39 is 0 Å². The van der Waals surface area contributed by atoms with Gasteiger partial charge in [-0.3, -0.25) is 9.78 Å². The Labute approximate surface area is 102 Å². The fourth-order valence-electron chi connectivity index (χ4n) is 2.06. The number of ether oxygens (including phenoxy) is 1. The Hall–Kier alpha value is -1.22. The van der Waals surface area contributed by atoms with Gasteiger partial charge in [0.1, 0.15) is 6.10 Å². The van der Waals surface area contributed by atoms with Gasteiger partial charge < -0.3 is 4.74 Å². The smallest absolute Gasteiger partial charge is 0.167 e. The number of pyridine rings is 1. The Morgan fingerprint density at radius 2 is 2.35 bits per heavy atom. The number of ketones is 1. The lowest BCUT2D eigenvalue weighted by atomic mass is 10.0. The zero-order valence-electron chi connectivity index (χ0n) is 10.3. The van der Waals surface area contributed by atoms with Crippen LogP contribution < -0.4 is 0 Å². The van der Waals surface area contributed by atoms with Crippen LogP contribution in [0.1, 0.15) is 37.4 Å². The van der Waals surface area contributed by atoms with Gasteiger partial charge in [-0.2, -0.15) is 0 Å². The average molecular weight is 233 g/mol. The van der Waals surface area contributed by atoms with E-state index in [0.717, 1.165) is 38.0 Å². The summed E-state index contributed by atoms with van der Waals surface area (Å²) in [6.45, 7) is 2.82. The number of Topliss-reactive ketones (excluding diaryl/α,β-unsaturated/α-hetero) is 1. The summed E-state index contributed by atoms with van der Waals surface area (Å²) in [7, 11) is 0. The third-order valence-corrected chi connectivity index (χ3v) is 3.19. The first-order valence-corrected chi connectivity index (χ1v) is 6.37. The summed E-state index contributed by atoms with van der Waals surface area (Å²) in [6.07, 6.45) is 6.07. The van der Waals surface area contributed by atoms with E-state index in [1.807, 2.05) is 18.3 Å². The Bertz CT molecular complexity index is 366. The summed E-state index contributed by atoms with van der Waals surface area (Å²) in [5.41, 5.74) is 2.05. The van der Waals surface area contributed by atoms with Crippen molar-refractivity contribution in [1.82, 2.24) is 4.98 Å². The number of nitrogens with zero attached hydrogens (tertiary/aromatic N) is 1. The predicted octanol–water partition coefficient (Wildman–Crippen LogP) is 2.32. The molecule has 2 rings (SSSR count). The van der Waals surface area contributed by atoms with Crippen LogP contribution in [0.3, 0.4) is 0 Å². The first kappa shape index (κ1) is 12.2. The van der Waals surface area contributed by atoms with Crippen molar-refractivity contribution < 1.29 is 9.53 Å². The number of carbonyl (C=O) groups is 1. The summed E-state index contributed by atoms with van der Waals surface area (Å²) in [4.78, 5) is 16.3. The van der Waals surface area contributed by atoms with Gasteiger partial charge in [0.05, 0.1) is 6.42 Å². The molecule has 17 heavy (non-hydrogen) atoms. The second kappa shape index (κ2) is 5.92. The average Bonchev–Trinajstić information content (AvgIpc) is 2.40. The van der Waals surface area contributed by atoms with Gasteiger partial charge in [0.15, 0.2) is 5.78 Å². The molecule has 1 aromatic rings. The molecule has 1 aliphatic rings. The van der Waals surface area contributed by atoms with E-state index in [-0.39, 0.29) is 11.9 Å². The maximum Gasteiger partial charge on any atom is 0.167 e. The Balaban J connectivity index is 1.92. The fraction of sp³-hybridized carbons (Fsp3) is 0.571. The first-order valence-electron chi connectivity index (χ1n) is 6.37. The highest BCUT2D eigenvalue weighted by atomic mass is 16.5. The third-order valence-electron chi connectivity index (χ3n) is 3.19. The maximum absolute atomic E-state index is 12.0. The quantitative estimate of drug-likeness (QED) is 0.801. The number of rotatable bonds is 4. The van der Waals surface area contributed by atoms with Crippen LogP contribution in [-0.2, 0) is 22.4 Å². The predicted molar refractivity (Wildman–Crippen MR) is 65.9 cm³/mol. The number of carbonyl (C=O) groups excluding carboxylic acids is 1. The molecule has 1 saturated heterocycles. The lowest BCUT2D eigenvalue weighted by Crippen LogP contribution is -2.29. The molecule has 0 N–H and O–H groups in total. The normalized spacial score (nSPS) is 20.2. The molecule has 1 aromatic heterocycles. The Kier molecular flexibility index (Phi) is 4.26. The van der Waals surface area contributed by atoms with Crippen LogP contribution >= 0.6 is 0 Å². The molecule has 3 heteroatoms. The molecule has 1 atom stereocenters. The molecule has 1 unspecified atom stereocenters. The van der Waals surface area contributed by atoms with Crippen molar-refractivity contribution in [2.75, 3.05) is 6.61 Å².